The fourth-order valence-corrected chi connectivity index (χ4v) is 8.83. The number of likely N-dealkylation sites (tertiary alicyclic amines) is 1. The quantitative estimate of drug-likeness (QED) is 0.161. The van der Waals surface area contributed by atoms with E-state index in [1.165, 1.54) is 16.5 Å². The second kappa shape index (κ2) is 16.0. The Morgan fingerprint density at radius 2 is 1.68 bits per heavy atom. The zero-order valence-corrected chi connectivity index (χ0v) is 32.3. The highest BCUT2D eigenvalue weighted by Crippen LogP contribution is 2.40. The number of piperidine rings is 3. The van der Waals surface area contributed by atoms with Crippen molar-refractivity contribution in [2.24, 2.45) is 0 Å². The number of nitrogens with zero attached hydrogens (tertiary/aromatic N) is 5. The summed E-state index contributed by atoms with van der Waals surface area (Å²) in [5.74, 6) is -2.16. The van der Waals surface area contributed by atoms with Crippen LogP contribution in [0.25, 0.3) is 22.0 Å². The molecular weight excluding hydrogens is 729 g/mol. The van der Waals surface area contributed by atoms with Gasteiger partial charge < -0.3 is 19.7 Å². The van der Waals surface area contributed by atoms with Crippen LogP contribution in [0.3, 0.4) is 0 Å². The summed E-state index contributed by atoms with van der Waals surface area (Å²) in [6, 6.07) is 18.7. The van der Waals surface area contributed by atoms with E-state index in [4.69, 9.17) is 0 Å². The number of rotatable bonds is 9. The Morgan fingerprint density at radius 1 is 0.912 bits per heavy atom. The second-order valence-electron chi connectivity index (χ2n) is 15.8. The summed E-state index contributed by atoms with van der Waals surface area (Å²) in [5, 5.41) is 7.17. The molecule has 0 bridgehead atoms. The molecule has 3 saturated heterocycles. The Hall–Kier alpha value is -5.85. The number of benzene rings is 3. The van der Waals surface area contributed by atoms with E-state index in [1.807, 2.05) is 28.1 Å². The van der Waals surface area contributed by atoms with Crippen molar-refractivity contribution in [1.82, 2.24) is 29.9 Å². The standard InChI is InChI=1S/C44H47F2N7O4/c1-50(2)44(57)37-25-35-33(24-34(41(46)42(35)48-37)31-5-3-18-52(26-31)40(55)16-22-53-19-4-17-47-53)29-8-6-27(7-9-29)28-14-20-51(21-15-28)38-12-10-30(23-36(38)45)32-11-13-39(54)49-43(32)56/h4,6-10,12,17,19,23-25,28,31-32,48H,3,5,11,13-16,18,20-22,26H2,1-2H3,(H,49,54,56)/t31-,32?/m1/s1. The van der Waals surface area contributed by atoms with Gasteiger partial charge in [-0.15, -0.1) is 0 Å². The molecule has 2 aromatic heterocycles. The van der Waals surface area contributed by atoms with Crippen LogP contribution in [0, 0.1) is 11.6 Å². The van der Waals surface area contributed by atoms with Crippen molar-refractivity contribution in [2.75, 3.05) is 45.2 Å². The first-order valence-corrected chi connectivity index (χ1v) is 19.8. The van der Waals surface area contributed by atoms with Crippen molar-refractivity contribution >= 4 is 40.2 Å². The zero-order chi connectivity index (χ0) is 39.8. The molecule has 3 aliphatic heterocycles. The molecule has 3 aliphatic rings. The average molecular weight is 776 g/mol. The molecule has 11 nitrogen and oxygen atoms in total. The molecule has 5 aromatic rings. The Labute approximate surface area is 330 Å². The topological polar surface area (TPSA) is 124 Å². The summed E-state index contributed by atoms with van der Waals surface area (Å²) < 4.78 is 33.7. The Morgan fingerprint density at radius 3 is 2.39 bits per heavy atom. The van der Waals surface area contributed by atoms with Crippen LogP contribution in [0.2, 0.25) is 0 Å². The number of fused-ring (bicyclic) bond motifs is 1. The van der Waals surface area contributed by atoms with Crippen LogP contribution in [0.1, 0.15) is 89.9 Å². The molecule has 0 saturated carbocycles. The first-order chi connectivity index (χ1) is 27.5. The fourth-order valence-electron chi connectivity index (χ4n) is 8.83. The largest absolute Gasteiger partial charge is 0.369 e. The first-order valence-electron chi connectivity index (χ1n) is 19.8. The highest BCUT2D eigenvalue weighted by molar-refractivity contribution is 6.03. The number of imide groups is 1. The van der Waals surface area contributed by atoms with Crippen molar-refractivity contribution in [3.63, 3.8) is 0 Å². The summed E-state index contributed by atoms with van der Waals surface area (Å²) in [4.78, 5) is 58.7. The predicted octanol–water partition coefficient (Wildman–Crippen LogP) is 6.71. The van der Waals surface area contributed by atoms with Gasteiger partial charge in [-0.25, -0.2) is 8.78 Å². The molecule has 3 fully saturated rings. The molecule has 0 aliphatic carbocycles. The highest BCUT2D eigenvalue weighted by Gasteiger charge is 2.31. The molecule has 0 spiro atoms. The van der Waals surface area contributed by atoms with E-state index in [0.29, 0.717) is 73.5 Å². The van der Waals surface area contributed by atoms with Crippen molar-refractivity contribution in [1.29, 1.82) is 0 Å². The number of hydrogen-bond acceptors (Lipinski definition) is 6. The minimum atomic E-state index is -0.533. The third-order valence-electron chi connectivity index (χ3n) is 12.0. The van der Waals surface area contributed by atoms with Crippen LogP contribution in [0.5, 0.6) is 0 Å². The summed E-state index contributed by atoms with van der Waals surface area (Å²) in [7, 11) is 3.33. The lowest BCUT2D eigenvalue weighted by Gasteiger charge is -2.34. The van der Waals surface area contributed by atoms with E-state index in [0.717, 1.165) is 36.8 Å². The number of H-pyrrole nitrogens is 1. The molecule has 1 unspecified atom stereocenters. The lowest BCUT2D eigenvalue weighted by atomic mass is 9.85. The van der Waals surface area contributed by atoms with Gasteiger partial charge >= 0.3 is 0 Å². The lowest BCUT2D eigenvalue weighted by Crippen LogP contribution is -2.39. The molecule has 296 valence electrons. The monoisotopic (exact) mass is 775 g/mol. The number of aromatic nitrogens is 3. The summed E-state index contributed by atoms with van der Waals surface area (Å²) >= 11 is 0. The van der Waals surface area contributed by atoms with Gasteiger partial charge in [0.25, 0.3) is 5.91 Å². The Balaban J connectivity index is 1.00. The molecule has 57 heavy (non-hydrogen) atoms. The van der Waals surface area contributed by atoms with Gasteiger partial charge in [0.2, 0.25) is 17.7 Å². The zero-order valence-electron chi connectivity index (χ0n) is 32.3. The Kier molecular flexibility index (Phi) is 10.6. The van der Waals surface area contributed by atoms with E-state index in [9.17, 15) is 19.2 Å². The minimum Gasteiger partial charge on any atom is -0.369 e. The maximum atomic E-state index is 16.6. The summed E-state index contributed by atoms with van der Waals surface area (Å²) in [5.41, 5.74) is 5.08. The van der Waals surface area contributed by atoms with E-state index >= 15 is 8.78 Å². The number of carbonyl (C=O) groups excluding carboxylic acids is 4. The number of aryl methyl sites for hydroxylation is 1. The van der Waals surface area contributed by atoms with Gasteiger partial charge in [-0.05, 0) is 96.2 Å². The van der Waals surface area contributed by atoms with E-state index in [2.05, 4.69) is 39.7 Å². The van der Waals surface area contributed by atoms with Gasteiger partial charge in [-0.2, -0.15) is 5.10 Å². The number of amides is 4. The van der Waals surface area contributed by atoms with Crippen LogP contribution in [-0.4, -0.2) is 88.5 Å². The maximum absolute atomic E-state index is 16.6. The molecule has 3 aromatic carbocycles. The van der Waals surface area contributed by atoms with E-state index in [-0.39, 0.29) is 53.2 Å². The molecular formula is C44H47F2N7O4. The van der Waals surface area contributed by atoms with Crippen LogP contribution in [-0.2, 0) is 20.9 Å². The smallest absolute Gasteiger partial charge is 0.269 e. The Bertz CT molecular complexity index is 2310. The van der Waals surface area contributed by atoms with Gasteiger partial charge in [-0.1, -0.05) is 30.3 Å². The normalized spacial score (nSPS) is 19.2. The van der Waals surface area contributed by atoms with Gasteiger partial charge in [0.15, 0.2) is 5.82 Å². The number of nitrogens with one attached hydrogen (secondary N) is 2. The van der Waals surface area contributed by atoms with Crippen molar-refractivity contribution in [3.8, 4) is 11.1 Å². The third kappa shape index (κ3) is 7.79. The van der Waals surface area contributed by atoms with Gasteiger partial charge in [0, 0.05) is 83.4 Å². The van der Waals surface area contributed by atoms with Gasteiger partial charge in [0.05, 0.1) is 17.1 Å². The fraction of sp³-hybridized carbons (Fsp3) is 0.386. The van der Waals surface area contributed by atoms with Gasteiger partial charge in [0.1, 0.15) is 11.5 Å². The maximum Gasteiger partial charge on any atom is 0.269 e. The van der Waals surface area contributed by atoms with E-state index < -0.39 is 11.7 Å². The average Bonchev–Trinajstić information content (AvgIpc) is 3.92. The number of carbonyl (C=O) groups is 4. The lowest BCUT2D eigenvalue weighted by molar-refractivity contribution is -0.134. The van der Waals surface area contributed by atoms with E-state index in [1.54, 1.807) is 43.2 Å². The predicted molar refractivity (Wildman–Crippen MR) is 213 cm³/mol. The SMILES string of the molecule is CN(C)C(=O)c1cc2c(-c3ccc(C4CCN(c5ccc(C6CCC(=O)NC6=O)cc5F)CC4)cc3)cc([C@@H]3CCCN(C(=O)CCn4cccn4)C3)c(F)c2[nH]1. The number of anilines is 1. The second-order valence-corrected chi connectivity index (χ2v) is 15.8. The molecule has 2 N–H and O–H groups in total. The molecule has 0 radical (unpaired) electrons. The van der Waals surface area contributed by atoms with Crippen molar-refractivity contribution in [2.45, 2.75) is 69.2 Å². The molecule has 5 heterocycles. The van der Waals surface area contributed by atoms with Gasteiger partial charge in [-0.3, -0.25) is 29.2 Å². The van der Waals surface area contributed by atoms with Crippen molar-refractivity contribution in [3.05, 3.63) is 107 Å². The number of halogens is 2. The molecule has 8 rings (SSSR count). The molecule has 13 heteroatoms. The molecule has 2 atom stereocenters. The highest BCUT2D eigenvalue weighted by atomic mass is 19.1. The van der Waals surface area contributed by atoms with Crippen LogP contribution >= 0.6 is 0 Å². The summed E-state index contributed by atoms with van der Waals surface area (Å²) in [6.45, 7) is 2.85. The third-order valence-corrected chi connectivity index (χ3v) is 12.0. The van der Waals surface area contributed by atoms with Crippen molar-refractivity contribution < 1.29 is 28.0 Å². The molecule has 4 amide bonds. The van der Waals surface area contributed by atoms with Crippen LogP contribution in [0.4, 0.5) is 14.5 Å². The number of aromatic amines is 1. The summed E-state index contributed by atoms with van der Waals surface area (Å²) in [6.07, 6.45) is 7.59. The first kappa shape index (κ1) is 38.0. The van der Waals surface area contributed by atoms with Crippen LogP contribution in [0.15, 0.2) is 73.1 Å². The van der Waals surface area contributed by atoms with Crippen LogP contribution < -0.4 is 10.2 Å². The number of hydrogen-bond donors (Lipinski definition) is 2. The minimum absolute atomic E-state index is 0.0184.